The lowest BCUT2D eigenvalue weighted by Crippen LogP contribution is -2.44. The number of amides is 1. The van der Waals surface area contributed by atoms with Gasteiger partial charge in [0.1, 0.15) is 0 Å². The molecule has 28 heavy (non-hydrogen) atoms. The van der Waals surface area contributed by atoms with Gasteiger partial charge in [-0.05, 0) is 29.0 Å². The van der Waals surface area contributed by atoms with Crippen molar-refractivity contribution in [2.24, 2.45) is 10.4 Å². The summed E-state index contributed by atoms with van der Waals surface area (Å²) in [6.45, 7) is 5.98. The third-order valence-corrected chi connectivity index (χ3v) is 5.11. The van der Waals surface area contributed by atoms with Gasteiger partial charge >= 0.3 is 0 Å². The number of anilines is 1. The number of hydrogen-bond acceptors (Lipinski definition) is 2. The topological polar surface area (TPSA) is 65.5 Å². The molecule has 0 saturated carbocycles. The number of nitrogens with zero attached hydrogens (tertiary/aromatic N) is 1. The summed E-state index contributed by atoms with van der Waals surface area (Å²) in [6.07, 6.45) is 1.48. The molecule has 1 atom stereocenters. The van der Waals surface area contributed by atoms with E-state index in [2.05, 4.69) is 65.1 Å². The van der Waals surface area contributed by atoms with Crippen LogP contribution in [0.5, 0.6) is 0 Å². The van der Waals surface area contributed by atoms with E-state index in [9.17, 15) is 4.79 Å². The van der Waals surface area contributed by atoms with Crippen molar-refractivity contribution < 1.29 is 4.79 Å². The quantitative estimate of drug-likeness (QED) is 0.532. The minimum absolute atomic E-state index is 0.0671. The van der Waals surface area contributed by atoms with E-state index in [0.717, 1.165) is 24.6 Å². The third-order valence-electron chi connectivity index (χ3n) is 5.11. The Morgan fingerprint density at radius 2 is 1.82 bits per heavy atom. The first-order valence-electron chi connectivity index (χ1n) is 9.84. The van der Waals surface area contributed by atoms with Crippen LogP contribution in [-0.2, 0) is 11.2 Å². The van der Waals surface area contributed by atoms with Crippen LogP contribution in [-0.4, -0.2) is 32.0 Å². The van der Waals surface area contributed by atoms with Crippen LogP contribution < -0.4 is 16.0 Å². The van der Waals surface area contributed by atoms with Gasteiger partial charge in [0.25, 0.3) is 0 Å². The van der Waals surface area contributed by atoms with Gasteiger partial charge in [0.2, 0.25) is 5.91 Å². The van der Waals surface area contributed by atoms with E-state index in [-0.39, 0.29) is 17.2 Å². The maximum absolute atomic E-state index is 12.0. The normalized spacial score (nSPS) is 16.9. The van der Waals surface area contributed by atoms with Gasteiger partial charge in [-0.2, -0.15) is 0 Å². The van der Waals surface area contributed by atoms with E-state index >= 15 is 0 Å². The van der Waals surface area contributed by atoms with Gasteiger partial charge in [-0.3, -0.25) is 9.79 Å². The predicted molar refractivity (Wildman–Crippen MR) is 116 cm³/mol. The maximum Gasteiger partial charge on any atom is 0.225 e. The highest BCUT2D eigenvalue weighted by Gasteiger charge is 2.25. The fourth-order valence-corrected chi connectivity index (χ4v) is 3.66. The molecule has 1 heterocycles. The van der Waals surface area contributed by atoms with E-state index in [1.165, 1.54) is 11.1 Å². The molecule has 0 spiro atoms. The van der Waals surface area contributed by atoms with Crippen molar-refractivity contribution in [3.63, 3.8) is 0 Å². The summed E-state index contributed by atoms with van der Waals surface area (Å²) in [5.74, 6) is 0.975. The Morgan fingerprint density at radius 3 is 2.57 bits per heavy atom. The third kappa shape index (κ3) is 5.35. The Bertz CT molecular complexity index is 830. The van der Waals surface area contributed by atoms with Gasteiger partial charge in [-0.15, -0.1) is 0 Å². The number of benzene rings is 2. The lowest BCUT2D eigenvalue weighted by Gasteiger charge is -2.28. The molecular weight excluding hydrogens is 348 g/mol. The van der Waals surface area contributed by atoms with Gasteiger partial charge in [-0.1, -0.05) is 62.4 Å². The Morgan fingerprint density at radius 1 is 1.11 bits per heavy atom. The van der Waals surface area contributed by atoms with Crippen LogP contribution in [0, 0.1) is 5.41 Å². The van der Waals surface area contributed by atoms with Crippen LogP contribution in [0.3, 0.4) is 0 Å². The van der Waals surface area contributed by atoms with E-state index in [0.29, 0.717) is 13.0 Å². The first-order chi connectivity index (χ1) is 13.5. The monoisotopic (exact) mass is 378 g/mol. The molecule has 0 bridgehead atoms. The van der Waals surface area contributed by atoms with Crippen molar-refractivity contribution in [2.45, 2.75) is 32.6 Å². The number of guanidine groups is 1. The number of carbonyl (C=O) groups excluding carboxylic acids is 1. The summed E-state index contributed by atoms with van der Waals surface area (Å²) in [5, 5.41) is 9.79. The van der Waals surface area contributed by atoms with Crippen LogP contribution in [0.25, 0.3) is 0 Å². The van der Waals surface area contributed by atoms with Crippen molar-refractivity contribution >= 4 is 17.6 Å². The molecule has 5 nitrogen and oxygen atoms in total. The summed E-state index contributed by atoms with van der Waals surface area (Å²) in [7, 11) is 1.78. The van der Waals surface area contributed by atoms with Crippen LogP contribution in [0.4, 0.5) is 5.69 Å². The second-order valence-corrected chi connectivity index (χ2v) is 8.17. The molecule has 3 rings (SSSR count). The molecule has 1 aliphatic heterocycles. The standard InChI is InChI=1S/C23H30N4O/c1-23(2,14-17-9-5-4-6-10-17)16-26-22(24-3)25-15-18-13-21(28)27-20-12-8-7-11-19(18)20/h4-12,18H,13-16H2,1-3H3,(H,27,28)(H2,24,25,26). The van der Waals surface area contributed by atoms with E-state index in [1.807, 2.05) is 24.3 Å². The number of carbonyl (C=O) groups is 1. The fraction of sp³-hybridized carbons (Fsp3) is 0.391. The SMILES string of the molecule is CN=C(NCC1CC(=O)Nc2ccccc21)NCC(C)(C)Cc1ccccc1. The Hall–Kier alpha value is -2.82. The molecule has 1 unspecified atom stereocenters. The number of nitrogens with one attached hydrogen (secondary N) is 3. The van der Waals surface area contributed by atoms with E-state index in [4.69, 9.17) is 0 Å². The average Bonchev–Trinajstić information content (AvgIpc) is 2.68. The lowest BCUT2D eigenvalue weighted by molar-refractivity contribution is -0.116. The first-order valence-corrected chi connectivity index (χ1v) is 9.84. The molecule has 0 fully saturated rings. The highest BCUT2D eigenvalue weighted by molar-refractivity contribution is 5.94. The number of rotatable bonds is 6. The zero-order valence-corrected chi connectivity index (χ0v) is 17.0. The molecule has 2 aromatic rings. The maximum atomic E-state index is 12.0. The molecular formula is C23H30N4O. The van der Waals surface area contributed by atoms with E-state index < -0.39 is 0 Å². The highest BCUT2D eigenvalue weighted by Crippen LogP contribution is 2.31. The van der Waals surface area contributed by atoms with Gasteiger partial charge in [0.15, 0.2) is 5.96 Å². The molecule has 5 heteroatoms. The lowest BCUT2D eigenvalue weighted by atomic mass is 9.86. The van der Waals surface area contributed by atoms with Gasteiger partial charge in [-0.25, -0.2) is 0 Å². The molecule has 148 valence electrons. The summed E-state index contributed by atoms with van der Waals surface area (Å²) in [4.78, 5) is 16.3. The summed E-state index contributed by atoms with van der Waals surface area (Å²) in [6, 6.07) is 18.5. The van der Waals surface area contributed by atoms with Crippen molar-refractivity contribution in [3.05, 3.63) is 65.7 Å². The van der Waals surface area contributed by atoms with Crippen molar-refractivity contribution in [2.75, 3.05) is 25.5 Å². The zero-order chi connectivity index (χ0) is 20.0. The fourth-order valence-electron chi connectivity index (χ4n) is 3.66. The summed E-state index contributed by atoms with van der Waals surface area (Å²) < 4.78 is 0. The van der Waals surface area contributed by atoms with Crippen LogP contribution in [0.2, 0.25) is 0 Å². The molecule has 1 amide bonds. The largest absolute Gasteiger partial charge is 0.356 e. The molecule has 0 aliphatic carbocycles. The Kier molecular flexibility index (Phi) is 6.34. The number of aliphatic imine (C=N–C) groups is 1. The molecule has 3 N–H and O–H groups in total. The predicted octanol–water partition coefficient (Wildman–Crippen LogP) is 3.55. The Labute approximate surface area is 167 Å². The van der Waals surface area contributed by atoms with E-state index in [1.54, 1.807) is 7.05 Å². The Balaban J connectivity index is 1.55. The second-order valence-electron chi connectivity index (χ2n) is 8.17. The van der Waals surface area contributed by atoms with Gasteiger partial charge < -0.3 is 16.0 Å². The smallest absolute Gasteiger partial charge is 0.225 e. The van der Waals surface area contributed by atoms with Gasteiger partial charge in [0.05, 0.1) is 0 Å². The molecule has 0 aromatic heterocycles. The average molecular weight is 379 g/mol. The summed E-state index contributed by atoms with van der Waals surface area (Å²) >= 11 is 0. The van der Waals surface area contributed by atoms with Crippen LogP contribution in [0.15, 0.2) is 59.6 Å². The number of para-hydroxylation sites is 1. The summed E-state index contributed by atoms with van der Waals surface area (Å²) in [5.41, 5.74) is 3.52. The van der Waals surface area contributed by atoms with Crippen LogP contribution in [0.1, 0.15) is 37.3 Å². The minimum Gasteiger partial charge on any atom is -0.356 e. The molecule has 2 aromatic carbocycles. The minimum atomic E-state index is 0.0671. The van der Waals surface area contributed by atoms with Crippen LogP contribution >= 0.6 is 0 Å². The molecule has 0 radical (unpaired) electrons. The molecule has 1 aliphatic rings. The molecule has 0 saturated heterocycles. The zero-order valence-electron chi connectivity index (χ0n) is 17.0. The van der Waals surface area contributed by atoms with Crippen molar-refractivity contribution in [1.82, 2.24) is 10.6 Å². The number of fused-ring (bicyclic) bond motifs is 1. The van der Waals surface area contributed by atoms with Crippen molar-refractivity contribution in [3.8, 4) is 0 Å². The highest BCUT2D eigenvalue weighted by atomic mass is 16.1. The number of hydrogen-bond donors (Lipinski definition) is 3. The second kappa shape index (κ2) is 8.91. The van der Waals surface area contributed by atoms with Crippen molar-refractivity contribution in [1.29, 1.82) is 0 Å². The van der Waals surface area contributed by atoms with Gasteiger partial charge in [0, 0.05) is 38.2 Å². The first kappa shape index (κ1) is 19.9.